The standard InChI is InChI=1S/C21H30FNO4/c1-21(2,3)16-12-18(27-19(13-16)26-11-5-4-10-24)20(25)23-14-15-6-8-17(22)9-7-15/h6-9,12,16,19,24H,4-5,10-11,13-14H2,1-3H3,(H,23,25)/t16-,19+/m1/s1. The molecule has 2 atom stereocenters. The van der Waals surface area contributed by atoms with Crippen molar-refractivity contribution in [3.05, 3.63) is 47.5 Å². The highest BCUT2D eigenvalue weighted by Gasteiger charge is 2.33. The largest absolute Gasteiger partial charge is 0.459 e. The number of benzene rings is 1. The van der Waals surface area contributed by atoms with E-state index in [1.165, 1.54) is 12.1 Å². The third-order valence-electron chi connectivity index (χ3n) is 4.62. The number of allylic oxidation sites excluding steroid dienone is 1. The van der Waals surface area contributed by atoms with Crippen LogP contribution in [0.4, 0.5) is 4.39 Å². The summed E-state index contributed by atoms with van der Waals surface area (Å²) in [6.07, 6.45) is 3.48. The SMILES string of the molecule is CC(C)(C)[C@@H]1C=C(C(=O)NCc2ccc(F)cc2)O[C@H](OCCCCO)C1. The zero-order chi connectivity index (χ0) is 19.9. The molecule has 0 radical (unpaired) electrons. The maximum absolute atomic E-state index is 13.0. The molecule has 1 aliphatic heterocycles. The van der Waals surface area contributed by atoms with E-state index in [-0.39, 0.29) is 35.4 Å². The van der Waals surface area contributed by atoms with Crippen molar-refractivity contribution in [3.63, 3.8) is 0 Å². The molecule has 1 aliphatic rings. The molecule has 0 aliphatic carbocycles. The number of aliphatic hydroxyl groups excluding tert-OH is 1. The molecule has 0 fully saturated rings. The van der Waals surface area contributed by atoms with Gasteiger partial charge in [0.05, 0.1) is 6.61 Å². The van der Waals surface area contributed by atoms with Crippen LogP contribution in [0, 0.1) is 17.2 Å². The molecular weight excluding hydrogens is 349 g/mol. The van der Waals surface area contributed by atoms with Crippen LogP contribution < -0.4 is 5.32 Å². The van der Waals surface area contributed by atoms with E-state index in [1.54, 1.807) is 12.1 Å². The zero-order valence-corrected chi connectivity index (χ0v) is 16.3. The van der Waals surface area contributed by atoms with Crippen molar-refractivity contribution in [1.82, 2.24) is 5.32 Å². The van der Waals surface area contributed by atoms with Gasteiger partial charge in [0.2, 0.25) is 6.29 Å². The Morgan fingerprint density at radius 2 is 2.00 bits per heavy atom. The van der Waals surface area contributed by atoms with Gasteiger partial charge in [0, 0.05) is 19.6 Å². The van der Waals surface area contributed by atoms with Crippen molar-refractivity contribution < 1.29 is 23.8 Å². The Bertz CT molecular complexity index is 637. The van der Waals surface area contributed by atoms with Crippen LogP contribution in [-0.2, 0) is 20.8 Å². The molecule has 27 heavy (non-hydrogen) atoms. The number of aliphatic hydroxyl groups is 1. The fraction of sp³-hybridized carbons (Fsp3) is 0.571. The maximum atomic E-state index is 13.0. The van der Waals surface area contributed by atoms with Crippen LogP contribution in [0.5, 0.6) is 0 Å². The first kappa shape index (κ1) is 21.4. The number of amides is 1. The van der Waals surface area contributed by atoms with Crippen LogP contribution >= 0.6 is 0 Å². The van der Waals surface area contributed by atoms with Crippen LogP contribution in [0.3, 0.4) is 0 Å². The van der Waals surface area contributed by atoms with Crippen molar-refractivity contribution in [2.24, 2.45) is 11.3 Å². The Kier molecular flexibility index (Phi) is 7.80. The van der Waals surface area contributed by atoms with Gasteiger partial charge in [-0.25, -0.2) is 4.39 Å². The Labute approximate surface area is 160 Å². The fourth-order valence-corrected chi connectivity index (χ4v) is 2.82. The van der Waals surface area contributed by atoms with Crippen LogP contribution in [0.2, 0.25) is 0 Å². The molecule has 0 spiro atoms. The highest BCUT2D eigenvalue weighted by atomic mass is 19.1. The number of carbonyl (C=O) groups excluding carboxylic acids is 1. The number of hydrogen-bond donors (Lipinski definition) is 2. The van der Waals surface area contributed by atoms with E-state index >= 15 is 0 Å². The summed E-state index contributed by atoms with van der Waals surface area (Å²) in [5, 5.41) is 11.7. The van der Waals surface area contributed by atoms with Crippen molar-refractivity contribution in [3.8, 4) is 0 Å². The minimum Gasteiger partial charge on any atom is -0.459 e. The average molecular weight is 379 g/mol. The van der Waals surface area contributed by atoms with Gasteiger partial charge in [-0.15, -0.1) is 0 Å². The van der Waals surface area contributed by atoms with E-state index in [0.717, 1.165) is 12.0 Å². The Hall–Kier alpha value is -1.92. The highest BCUT2D eigenvalue weighted by molar-refractivity contribution is 5.91. The number of nitrogens with one attached hydrogen (secondary N) is 1. The quantitative estimate of drug-likeness (QED) is 0.678. The van der Waals surface area contributed by atoms with Gasteiger partial charge in [0.15, 0.2) is 5.76 Å². The summed E-state index contributed by atoms with van der Waals surface area (Å²) >= 11 is 0. The lowest BCUT2D eigenvalue weighted by molar-refractivity contribution is -0.153. The molecular formula is C21H30FNO4. The second-order valence-corrected chi connectivity index (χ2v) is 7.90. The molecule has 150 valence electrons. The molecule has 0 bridgehead atoms. The van der Waals surface area contributed by atoms with Gasteiger partial charge < -0.3 is 19.9 Å². The van der Waals surface area contributed by atoms with E-state index in [9.17, 15) is 9.18 Å². The zero-order valence-electron chi connectivity index (χ0n) is 16.3. The fourth-order valence-electron chi connectivity index (χ4n) is 2.82. The smallest absolute Gasteiger partial charge is 0.286 e. The van der Waals surface area contributed by atoms with Crippen LogP contribution in [0.15, 0.2) is 36.1 Å². The molecule has 0 aromatic heterocycles. The Balaban J connectivity index is 1.98. The molecule has 1 aromatic carbocycles. The summed E-state index contributed by atoms with van der Waals surface area (Å²) in [4.78, 5) is 12.6. The van der Waals surface area contributed by atoms with E-state index in [1.807, 2.05) is 6.08 Å². The Morgan fingerprint density at radius 1 is 1.30 bits per heavy atom. The lowest BCUT2D eigenvalue weighted by atomic mass is 9.77. The van der Waals surface area contributed by atoms with Gasteiger partial charge in [-0.05, 0) is 47.9 Å². The molecule has 6 heteroatoms. The first-order valence-corrected chi connectivity index (χ1v) is 9.43. The maximum Gasteiger partial charge on any atom is 0.286 e. The summed E-state index contributed by atoms with van der Waals surface area (Å²) in [7, 11) is 0. The Morgan fingerprint density at radius 3 is 2.63 bits per heavy atom. The summed E-state index contributed by atoms with van der Waals surface area (Å²) in [5.74, 6) is -0.217. The second kappa shape index (κ2) is 9.85. The third kappa shape index (κ3) is 6.96. The second-order valence-electron chi connectivity index (χ2n) is 7.90. The number of rotatable bonds is 8. The molecule has 0 unspecified atom stereocenters. The molecule has 0 saturated carbocycles. The number of halogens is 1. The number of hydrogen-bond acceptors (Lipinski definition) is 4. The molecule has 2 N–H and O–H groups in total. The molecule has 1 amide bonds. The summed E-state index contributed by atoms with van der Waals surface area (Å²) in [6.45, 7) is 7.27. The van der Waals surface area contributed by atoms with Crippen LogP contribution in [-0.4, -0.2) is 30.5 Å². The molecule has 5 nitrogen and oxygen atoms in total. The first-order chi connectivity index (χ1) is 12.8. The third-order valence-corrected chi connectivity index (χ3v) is 4.62. The van der Waals surface area contributed by atoms with Gasteiger partial charge in [0.1, 0.15) is 5.82 Å². The van der Waals surface area contributed by atoms with Crippen LogP contribution in [0.1, 0.15) is 45.6 Å². The topological polar surface area (TPSA) is 67.8 Å². The van der Waals surface area contributed by atoms with Gasteiger partial charge in [-0.1, -0.05) is 32.9 Å². The van der Waals surface area contributed by atoms with Crippen molar-refractivity contribution in [2.75, 3.05) is 13.2 Å². The summed E-state index contributed by atoms with van der Waals surface area (Å²) in [6, 6.07) is 6.00. The van der Waals surface area contributed by atoms with Gasteiger partial charge >= 0.3 is 0 Å². The van der Waals surface area contributed by atoms with Crippen molar-refractivity contribution >= 4 is 5.91 Å². The minimum absolute atomic E-state index is 0.0288. The van der Waals surface area contributed by atoms with E-state index in [0.29, 0.717) is 26.0 Å². The predicted molar refractivity (Wildman–Crippen MR) is 101 cm³/mol. The van der Waals surface area contributed by atoms with Gasteiger partial charge in [-0.2, -0.15) is 0 Å². The highest BCUT2D eigenvalue weighted by Crippen LogP contribution is 2.36. The minimum atomic E-state index is -0.482. The summed E-state index contributed by atoms with van der Waals surface area (Å²) in [5.41, 5.74) is 0.782. The first-order valence-electron chi connectivity index (χ1n) is 9.43. The summed E-state index contributed by atoms with van der Waals surface area (Å²) < 4.78 is 24.5. The lowest BCUT2D eigenvalue weighted by Crippen LogP contribution is -2.36. The number of unbranched alkanes of at least 4 members (excludes halogenated alkanes) is 1. The van der Waals surface area contributed by atoms with E-state index in [4.69, 9.17) is 14.6 Å². The molecule has 1 aromatic rings. The average Bonchev–Trinajstić information content (AvgIpc) is 2.63. The van der Waals surface area contributed by atoms with E-state index < -0.39 is 6.29 Å². The van der Waals surface area contributed by atoms with Crippen molar-refractivity contribution in [2.45, 2.75) is 52.9 Å². The lowest BCUT2D eigenvalue weighted by Gasteiger charge is -2.35. The normalized spacial score (nSPS) is 20.0. The van der Waals surface area contributed by atoms with E-state index in [2.05, 4.69) is 26.1 Å². The predicted octanol–water partition coefficient (Wildman–Crippen LogP) is 3.52. The van der Waals surface area contributed by atoms with Gasteiger partial charge in [0.25, 0.3) is 5.91 Å². The molecule has 0 saturated heterocycles. The van der Waals surface area contributed by atoms with Gasteiger partial charge in [-0.3, -0.25) is 4.79 Å². The van der Waals surface area contributed by atoms with Crippen LogP contribution in [0.25, 0.3) is 0 Å². The number of carbonyl (C=O) groups is 1. The molecule has 1 heterocycles. The molecule has 2 rings (SSSR count). The van der Waals surface area contributed by atoms with Crippen molar-refractivity contribution in [1.29, 1.82) is 0 Å². The monoisotopic (exact) mass is 379 g/mol. The number of ether oxygens (including phenoxy) is 2.